The second kappa shape index (κ2) is 8.06. The minimum atomic E-state index is -4.45. The average Bonchev–Trinajstić information content (AvgIpc) is 3.03. The summed E-state index contributed by atoms with van der Waals surface area (Å²) in [6.45, 7) is 3.18. The highest BCUT2D eigenvalue weighted by Gasteiger charge is 2.36. The molecule has 2 aromatic rings. The first-order valence-corrected chi connectivity index (χ1v) is 8.58. The quantitative estimate of drug-likeness (QED) is 0.798. The molecule has 0 bridgehead atoms. The lowest BCUT2D eigenvalue weighted by atomic mass is 10.00. The van der Waals surface area contributed by atoms with Gasteiger partial charge in [-0.1, -0.05) is 29.8 Å². The number of nitrogens with zero attached hydrogens (tertiary/aromatic N) is 1. The maximum Gasteiger partial charge on any atom is 0.417 e. The predicted molar refractivity (Wildman–Crippen MR) is 94.3 cm³/mol. The fourth-order valence-corrected chi connectivity index (χ4v) is 4.11. The van der Waals surface area contributed by atoms with Gasteiger partial charge in [-0.3, -0.25) is 4.90 Å². The van der Waals surface area contributed by atoms with Crippen molar-refractivity contribution in [3.8, 4) is 0 Å². The van der Waals surface area contributed by atoms with Gasteiger partial charge in [0.2, 0.25) is 0 Å². The third-order valence-electron chi connectivity index (χ3n) is 3.96. The van der Waals surface area contributed by atoms with Crippen LogP contribution in [-0.4, -0.2) is 31.1 Å². The zero-order valence-electron chi connectivity index (χ0n) is 12.6. The molecule has 0 amide bonds. The summed E-state index contributed by atoms with van der Waals surface area (Å²) in [5.74, 6) is 0. The molecule has 0 radical (unpaired) electrons. The smallest absolute Gasteiger partial charge is 0.314 e. The topological polar surface area (TPSA) is 15.3 Å². The van der Waals surface area contributed by atoms with Crippen LogP contribution in [0.4, 0.5) is 13.2 Å². The molecule has 1 aromatic heterocycles. The first-order valence-electron chi connectivity index (χ1n) is 7.32. The van der Waals surface area contributed by atoms with E-state index in [1.807, 2.05) is 17.5 Å². The Morgan fingerprint density at radius 3 is 2.42 bits per heavy atom. The van der Waals surface area contributed by atoms with Crippen LogP contribution in [0.15, 0.2) is 35.7 Å². The lowest BCUT2D eigenvalue weighted by molar-refractivity contribution is -0.137. The molecule has 2 heterocycles. The Morgan fingerprint density at radius 2 is 1.83 bits per heavy atom. The molecule has 3 rings (SSSR count). The Bertz CT molecular complexity index is 656. The van der Waals surface area contributed by atoms with Gasteiger partial charge in [0.15, 0.2) is 0 Å². The van der Waals surface area contributed by atoms with Crippen LogP contribution in [-0.2, 0) is 6.18 Å². The first-order chi connectivity index (χ1) is 11.0. The molecular weight excluding hydrogens is 380 g/mol. The summed E-state index contributed by atoms with van der Waals surface area (Å²) in [4.78, 5) is 3.19. The zero-order valence-corrected chi connectivity index (χ0v) is 15.0. The second-order valence-electron chi connectivity index (χ2n) is 5.41. The molecule has 1 aliphatic heterocycles. The normalized spacial score (nSPS) is 17.3. The molecule has 0 unspecified atom stereocenters. The fourth-order valence-electron chi connectivity index (χ4n) is 2.90. The van der Waals surface area contributed by atoms with Gasteiger partial charge in [-0.2, -0.15) is 13.2 Å². The molecular formula is C16H17Cl2F3N2S. The van der Waals surface area contributed by atoms with Gasteiger partial charge in [-0.05, 0) is 23.1 Å². The van der Waals surface area contributed by atoms with Gasteiger partial charge in [-0.15, -0.1) is 23.7 Å². The van der Waals surface area contributed by atoms with E-state index in [0.717, 1.165) is 37.1 Å². The molecule has 0 spiro atoms. The van der Waals surface area contributed by atoms with Crippen molar-refractivity contribution in [3.05, 3.63) is 56.7 Å². The maximum absolute atomic E-state index is 13.2. The van der Waals surface area contributed by atoms with E-state index in [1.54, 1.807) is 6.07 Å². The van der Waals surface area contributed by atoms with E-state index in [-0.39, 0.29) is 23.5 Å². The summed E-state index contributed by atoms with van der Waals surface area (Å²) in [7, 11) is 0. The molecule has 1 aromatic carbocycles. The standard InChI is InChI=1S/C16H16ClF3N2S.ClH/c17-14-11(3-1-4-12(14)16(18,19)20)15(13-5-2-10-23-13)22-8-6-21-7-9-22;/h1-5,10,15,21H,6-9H2;1H/t15-;/m1./s1. The molecule has 132 valence electrons. The fraction of sp³-hybridized carbons (Fsp3) is 0.375. The highest BCUT2D eigenvalue weighted by molar-refractivity contribution is 7.10. The first kappa shape index (κ1) is 19.5. The minimum Gasteiger partial charge on any atom is -0.314 e. The number of alkyl halides is 3. The Labute approximate surface area is 154 Å². The van der Waals surface area contributed by atoms with Crippen LogP contribution in [0.2, 0.25) is 5.02 Å². The monoisotopic (exact) mass is 396 g/mol. The Hall–Kier alpha value is -0.790. The van der Waals surface area contributed by atoms with Gasteiger partial charge in [0.25, 0.3) is 0 Å². The van der Waals surface area contributed by atoms with Crippen molar-refractivity contribution in [1.82, 2.24) is 10.2 Å². The molecule has 1 saturated heterocycles. The lowest BCUT2D eigenvalue weighted by Crippen LogP contribution is -2.45. The van der Waals surface area contributed by atoms with Crippen LogP contribution >= 0.6 is 35.3 Å². The number of benzene rings is 1. The zero-order chi connectivity index (χ0) is 16.4. The molecule has 1 atom stereocenters. The van der Waals surface area contributed by atoms with Crippen LogP contribution in [0.25, 0.3) is 0 Å². The van der Waals surface area contributed by atoms with Gasteiger partial charge < -0.3 is 5.32 Å². The number of rotatable bonds is 3. The van der Waals surface area contributed by atoms with E-state index >= 15 is 0 Å². The van der Waals surface area contributed by atoms with Crippen molar-refractivity contribution in [2.24, 2.45) is 0 Å². The van der Waals surface area contributed by atoms with E-state index in [4.69, 9.17) is 11.6 Å². The third-order valence-corrected chi connectivity index (χ3v) is 5.30. The van der Waals surface area contributed by atoms with Crippen molar-refractivity contribution in [3.63, 3.8) is 0 Å². The lowest BCUT2D eigenvalue weighted by Gasteiger charge is -2.35. The number of hydrogen-bond donors (Lipinski definition) is 1. The van der Waals surface area contributed by atoms with Crippen LogP contribution in [0, 0.1) is 0 Å². The average molecular weight is 397 g/mol. The Morgan fingerprint density at radius 1 is 1.12 bits per heavy atom. The van der Waals surface area contributed by atoms with E-state index in [1.165, 1.54) is 17.4 Å². The summed E-state index contributed by atoms with van der Waals surface area (Å²) in [6.07, 6.45) is -4.45. The minimum absolute atomic E-state index is 0. The van der Waals surface area contributed by atoms with Gasteiger partial charge in [0, 0.05) is 31.1 Å². The van der Waals surface area contributed by atoms with Gasteiger partial charge in [-0.25, -0.2) is 0 Å². The molecule has 0 aliphatic carbocycles. The van der Waals surface area contributed by atoms with E-state index in [2.05, 4.69) is 10.2 Å². The van der Waals surface area contributed by atoms with Crippen LogP contribution < -0.4 is 5.32 Å². The summed E-state index contributed by atoms with van der Waals surface area (Å²) in [5, 5.41) is 5.00. The molecule has 1 aliphatic rings. The van der Waals surface area contributed by atoms with Crippen molar-refractivity contribution >= 4 is 35.3 Å². The van der Waals surface area contributed by atoms with E-state index < -0.39 is 11.7 Å². The molecule has 1 N–H and O–H groups in total. The van der Waals surface area contributed by atoms with E-state index in [9.17, 15) is 13.2 Å². The van der Waals surface area contributed by atoms with Crippen molar-refractivity contribution in [1.29, 1.82) is 0 Å². The van der Waals surface area contributed by atoms with Crippen LogP contribution in [0.1, 0.15) is 22.0 Å². The highest BCUT2D eigenvalue weighted by atomic mass is 35.5. The Balaban J connectivity index is 0.00000208. The van der Waals surface area contributed by atoms with E-state index in [0.29, 0.717) is 5.56 Å². The molecule has 0 saturated carbocycles. The number of thiophene rings is 1. The SMILES string of the molecule is Cl.FC(F)(F)c1cccc([C@H](c2cccs2)N2CCNCC2)c1Cl. The van der Waals surface area contributed by atoms with Gasteiger partial charge in [0.1, 0.15) is 0 Å². The predicted octanol–water partition coefficient (Wildman–Crippen LogP) is 4.84. The summed E-state index contributed by atoms with van der Waals surface area (Å²) in [6, 6.07) is 7.79. The highest BCUT2D eigenvalue weighted by Crippen LogP contribution is 2.41. The van der Waals surface area contributed by atoms with Crippen molar-refractivity contribution < 1.29 is 13.2 Å². The van der Waals surface area contributed by atoms with Gasteiger partial charge >= 0.3 is 6.18 Å². The Kier molecular flexibility index (Phi) is 6.56. The summed E-state index contributed by atoms with van der Waals surface area (Å²) >= 11 is 7.71. The number of halogens is 5. The largest absolute Gasteiger partial charge is 0.417 e. The van der Waals surface area contributed by atoms with Gasteiger partial charge in [0.05, 0.1) is 16.6 Å². The number of nitrogens with one attached hydrogen (secondary N) is 1. The third kappa shape index (κ3) is 4.06. The van der Waals surface area contributed by atoms with Crippen molar-refractivity contribution in [2.45, 2.75) is 12.2 Å². The molecule has 8 heteroatoms. The second-order valence-corrected chi connectivity index (χ2v) is 6.77. The van der Waals surface area contributed by atoms with Crippen LogP contribution in [0.3, 0.4) is 0 Å². The van der Waals surface area contributed by atoms with Crippen molar-refractivity contribution in [2.75, 3.05) is 26.2 Å². The summed E-state index contributed by atoms with van der Waals surface area (Å²) in [5.41, 5.74) is -0.251. The van der Waals surface area contributed by atoms with Crippen LogP contribution in [0.5, 0.6) is 0 Å². The molecule has 2 nitrogen and oxygen atoms in total. The molecule has 1 fully saturated rings. The number of hydrogen-bond acceptors (Lipinski definition) is 3. The summed E-state index contributed by atoms with van der Waals surface area (Å²) < 4.78 is 39.5. The number of piperazine rings is 1. The molecule has 24 heavy (non-hydrogen) atoms. The maximum atomic E-state index is 13.2.